The number of nitrogens with one attached hydrogen (secondary N) is 2. The van der Waals surface area contributed by atoms with Crippen molar-refractivity contribution < 1.29 is 9.53 Å². The van der Waals surface area contributed by atoms with Crippen LogP contribution < -0.4 is 15.5 Å². The second kappa shape index (κ2) is 8.12. The van der Waals surface area contributed by atoms with Gasteiger partial charge < -0.3 is 15.4 Å². The summed E-state index contributed by atoms with van der Waals surface area (Å²) in [4.78, 5) is 24.4. The number of benzene rings is 1. The molecule has 1 aromatic heterocycles. The molecule has 0 spiro atoms. The molecule has 0 unspecified atom stereocenters. The Morgan fingerprint density at radius 3 is 2.75 bits per heavy atom. The summed E-state index contributed by atoms with van der Waals surface area (Å²) in [7, 11) is 1.65. The minimum atomic E-state index is -0.398. The number of amides is 1. The first-order valence-corrected chi connectivity index (χ1v) is 9.65. The molecule has 0 radical (unpaired) electrons. The van der Waals surface area contributed by atoms with Crippen molar-refractivity contribution in [2.45, 2.75) is 26.1 Å². The summed E-state index contributed by atoms with van der Waals surface area (Å²) in [6, 6.07) is 8.72. The van der Waals surface area contributed by atoms with Gasteiger partial charge in [-0.05, 0) is 18.1 Å². The van der Waals surface area contributed by atoms with Crippen LogP contribution in [0.5, 0.6) is 0 Å². The number of aromatic nitrogens is 2. The molecule has 0 bridgehead atoms. The topological polar surface area (TPSA) is 82.6 Å². The van der Waals surface area contributed by atoms with Gasteiger partial charge in [-0.25, -0.2) is 9.78 Å². The number of nitrogens with zero attached hydrogens (tertiary/aromatic N) is 4. The van der Waals surface area contributed by atoms with Crippen LogP contribution in [-0.4, -0.2) is 54.2 Å². The SMILES string of the molecule is C[C@H](Nc1ncc2c(n1)N(C)C(=O)OC2)c1ccc(CN2CCNCC2)cc1. The molecule has 8 heteroatoms. The van der Waals surface area contributed by atoms with Crippen LogP contribution in [0.4, 0.5) is 16.6 Å². The van der Waals surface area contributed by atoms with Crippen LogP contribution >= 0.6 is 0 Å². The lowest BCUT2D eigenvalue weighted by Crippen LogP contribution is -2.42. The van der Waals surface area contributed by atoms with E-state index in [1.165, 1.54) is 10.5 Å². The molecule has 0 aliphatic carbocycles. The van der Waals surface area contributed by atoms with E-state index in [9.17, 15) is 4.79 Å². The van der Waals surface area contributed by atoms with Crippen molar-refractivity contribution in [3.8, 4) is 0 Å². The van der Waals surface area contributed by atoms with E-state index in [1.54, 1.807) is 13.2 Å². The monoisotopic (exact) mass is 382 g/mol. The van der Waals surface area contributed by atoms with Gasteiger partial charge in [0.2, 0.25) is 5.95 Å². The Bertz CT molecular complexity index is 835. The third-order valence-corrected chi connectivity index (χ3v) is 5.23. The van der Waals surface area contributed by atoms with Gasteiger partial charge in [-0.1, -0.05) is 24.3 Å². The second-order valence-corrected chi connectivity index (χ2v) is 7.29. The van der Waals surface area contributed by atoms with E-state index in [0.717, 1.165) is 43.9 Å². The molecule has 148 valence electrons. The van der Waals surface area contributed by atoms with E-state index in [-0.39, 0.29) is 12.6 Å². The van der Waals surface area contributed by atoms with Crippen LogP contribution in [0.2, 0.25) is 0 Å². The number of cyclic esters (lactones) is 1. The number of anilines is 2. The predicted octanol–water partition coefficient (Wildman–Crippen LogP) is 2.14. The summed E-state index contributed by atoms with van der Waals surface area (Å²) < 4.78 is 5.05. The van der Waals surface area contributed by atoms with E-state index in [4.69, 9.17) is 4.74 Å². The first-order chi connectivity index (χ1) is 13.6. The molecule has 2 aliphatic heterocycles. The highest BCUT2D eigenvalue weighted by atomic mass is 16.6. The van der Waals surface area contributed by atoms with Crippen molar-refractivity contribution in [3.63, 3.8) is 0 Å². The van der Waals surface area contributed by atoms with Crippen LogP contribution in [0, 0.1) is 0 Å². The van der Waals surface area contributed by atoms with Crippen molar-refractivity contribution >= 4 is 17.9 Å². The van der Waals surface area contributed by atoms with Crippen molar-refractivity contribution in [1.82, 2.24) is 20.2 Å². The predicted molar refractivity (Wildman–Crippen MR) is 107 cm³/mol. The van der Waals surface area contributed by atoms with Gasteiger partial charge >= 0.3 is 6.09 Å². The zero-order chi connectivity index (χ0) is 19.5. The number of fused-ring (bicyclic) bond motifs is 1. The molecule has 2 aliphatic rings. The first-order valence-electron chi connectivity index (χ1n) is 9.65. The highest BCUT2D eigenvalue weighted by molar-refractivity contribution is 5.88. The fraction of sp³-hybridized carbons (Fsp3) is 0.450. The van der Waals surface area contributed by atoms with E-state index < -0.39 is 6.09 Å². The lowest BCUT2D eigenvalue weighted by Gasteiger charge is -2.27. The number of ether oxygens (including phenoxy) is 1. The van der Waals surface area contributed by atoms with Crippen LogP contribution in [-0.2, 0) is 17.9 Å². The Kier molecular flexibility index (Phi) is 5.40. The number of piperazine rings is 1. The summed E-state index contributed by atoms with van der Waals surface area (Å²) >= 11 is 0. The summed E-state index contributed by atoms with van der Waals surface area (Å²) in [6.45, 7) is 7.59. The smallest absolute Gasteiger partial charge is 0.415 e. The Hall–Kier alpha value is -2.71. The zero-order valence-electron chi connectivity index (χ0n) is 16.3. The maximum absolute atomic E-state index is 11.7. The van der Waals surface area contributed by atoms with Crippen molar-refractivity contribution in [3.05, 3.63) is 47.2 Å². The van der Waals surface area contributed by atoms with Gasteiger partial charge in [0.15, 0.2) is 0 Å². The molecular formula is C20H26N6O2. The number of carbonyl (C=O) groups is 1. The van der Waals surface area contributed by atoms with Gasteiger partial charge in [0.05, 0.1) is 11.6 Å². The normalized spacial score (nSPS) is 18.4. The summed E-state index contributed by atoms with van der Waals surface area (Å²) in [5, 5.41) is 6.71. The third-order valence-electron chi connectivity index (χ3n) is 5.23. The summed E-state index contributed by atoms with van der Waals surface area (Å²) in [5.41, 5.74) is 3.29. The minimum absolute atomic E-state index is 0.0483. The van der Waals surface area contributed by atoms with Gasteiger partial charge in [-0.2, -0.15) is 4.98 Å². The average Bonchev–Trinajstić information content (AvgIpc) is 2.72. The van der Waals surface area contributed by atoms with Gasteiger partial charge in [0.1, 0.15) is 12.4 Å². The summed E-state index contributed by atoms with van der Waals surface area (Å²) in [5.74, 6) is 1.09. The van der Waals surface area contributed by atoms with Crippen molar-refractivity contribution in [2.24, 2.45) is 0 Å². The number of hydrogen-bond acceptors (Lipinski definition) is 7. The fourth-order valence-corrected chi connectivity index (χ4v) is 3.50. The maximum atomic E-state index is 11.7. The van der Waals surface area contributed by atoms with Crippen LogP contribution in [0.3, 0.4) is 0 Å². The van der Waals surface area contributed by atoms with Crippen LogP contribution in [0.15, 0.2) is 30.5 Å². The third kappa shape index (κ3) is 4.07. The van der Waals surface area contributed by atoms with Crippen LogP contribution in [0.1, 0.15) is 29.7 Å². The Morgan fingerprint density at radius 2 is 2.00 bits per heavy atom. The van der Waals surface area contributed by atoms with Gasteiger partial charge in [-0.3, -0.25) is 9.80 Å². The van der Waals surface area contributed by atoms with Gasteiger partial charge in [-0.15, -0.1) is 0 Å². The molecule has 4 rings (SSSR count). The quantitative estimate of drug-likeness (QED) is 0.820. The molecule has 8 nitrogen and oxygen atoms in total. The van der Waals surface area contributed by atoms with Crippen LogP contribution in [0.25, 0.3) is 0 Å². The molecule has 1 fully saturated rings. The van der Waals surface area contributed by atoms with E-state index in [1.807, 2.05) is 0 Å². The number of rotatable bonds is 5. The molecule has 0 saturated carbocycles. The molecule has 1 aromatic carbocycles. The van der Waals surface area contributed by atoms with Crippen molar-refractivity contribution in [1.29, 1.82) is 0 Å². The van der Waals surface area contributed by atoms with Gasteiger partial charge in [0.25, 0.3) is 0 Å². The lowest BCUT2D eigenvalue weighted by atomic mass is 10.1. The van der Waals surface area contributed by atoms with E-state index in [0.29, 0.717) is 11.8 Å². The van der Waals surface area contributed by atoms with E-state index >= 15 is 0 Å². The number of carbonyl (C=O) groups excluding carboxylic acids is 1. The standard InChI is InChI=1S/C20H26N6O2/c1-14(16-5-3-15(4-6-16)12-26-9-7-21-8-10-26)23-19-22-11-17-13-28-20(27)25(2)18(17)24-19/h3-6,11,14,21H,7-10,12-13H2,1-2H3,(H,22,23,24)/t14-/m0/s1. The fourth-order valence-electron chi connectivity index (χ4n) is 3.50. The largest absolute Gasteiger partial charge is 0.444 e. The number of hydrogen-bond donors (Lipinski definition) is 2. The highest BCUT2D eigenvalue weighted by Gasteiger charge is 2.24. The Morgan fingerprint density at radius 1 is 1.25 bits per heavy atom. The molecule has 1 saturated heterocycles. The first kappa shape index (κ1) is 18.6. The summed E-state index contributed by atoms with van der Waals surface area (Å²) in [6.07, 6.45) is 1.31. The average molecular weight is 382 g/mol. The molecule has 1 atom stereocenters. The molecule has 2 N–H and O–H groups in total. The molecule has 2 aromatic rings. The van der Waals surface area contributed by atoms with E-state index in [2.05, 4.69) is 56.7 Å². The Labute approximate surface area is 164 Å². The zero-order valence-corrected chi connectivity index (χ0v) is 16.3. The molecule has 28 heavy (non-hydrogen) atoms. The highest BCUT2D eigenvalue weighted by Crippen LogP contribution is 2.25. The molecular weight excluding hydrogens is 356 g/mol. The molecule has 1 amide bonds. The second-order valence-electron chi connectivity index (χ2n) is 7.29. The lowest BCUT2D eigenvalue weighted by molar-refractivity contribution is 0.143. The van der Waals surface area contributed by atoms with Gasteiger partial charge in [0, 0.05) is 46.0 Å². The van der Waals surface area contributed by atoms with Crippen molar-refractivity contribution in [2.75, 3.05) is 43.4 Å². The maximum Gasteiger partial charge on any atom is 0.415 e. The minimum Gasteiger partial charge on any atom is -0.444 e. The Balaban J connectivity index is 1.41. The molecule has 3 heterocycles.